The van der Waals surface area contributed by atoms with Gasteiger partial charge in [-0.25, -0.2) is 9.78 Å². The second kappa shape index (κ2) is 13.1. The lowest BCUT2D eigenvalue weighted by Gasteiger charge is -2.36. The maximum Gasteiger partial charge on any atom is 0.410 e. The first-order chi connectivity index (χ1) is 16.6. The zero-order chi connectivity index (χ0) is 25.4. The summed E-state index contributed by atoms with van der Waals surface area (Å²) in [6.07, 6.45) is 3.08. The number of aromatic nitrogens is 2. The number of carbonyl (C=O) groups is 1. The van der Waals surface area contributed by atoms with Crippen molar-refractivity contribution in [3.8, 4) is 0 Å². The highest BCUT2D eigenvalue weighted by molar-refractivity contribution is 5.85. The van der Waals surface area contributed by atoms with Crippen LogP contribution in [0.25, 0.3) is 0 Å². The predicted octanol–water partition coefficient (Wildman–Crippen LogP) is 2.54. The van der Waals surface area contributed by atoms with Gasteiger partial charge >= 0.3 is 11.9 Å². The normalized spacial score (nSPS) is 15.8. The van der Waals surface area contributed by atoms with E-state index in [0.29, 0.717) is 18.9 Å². The Balaban J connectivity index is 0.000000256. The van der Waals surface area contributed by atoms with E-state index in [1.54, 1.807) is 29.4 Å². The fourth-order valence-electron chi connectivity index (χ4n) is 3.65. The molecule has 3 N–H and O–H groups in total. The lowest BCUT2D eigenvalue weighted by atomic mass is 10.2. The summed E-state index contributed by atoms with van der Waals surface area (Å²) in [4.78, 5) is 35.9. The molecule has 2 aromatic rings. The molecule has 36 heavy (non-hydrogen) atoms. The minimum atomic E-state index is -0.485. The van der Waals surface area contributed by atoms with Crippen LogP contribution in [0.15, 0.2) is 36.7 Å². The molecule has 0 bridgehead atoms. The number of pyridine rings is 2. The molecule has 0 radical (unpaired) electrons. The van der Waals surface area contributed by atoms with Crippen molar-refractivity contribution in [1.29, 1.82) is 0 Å². The summed E-state index contributed by atoms with van der Waals surface area (Å²) in [5, 5.41) is 13.7. The van der Waals surface area contributed by atoms with E-state index in [1.807, 2.05) is 26.8 Å². The highest BCUT2D eigenvalue weighted by atomic mass is 35.5. The molecule has 2 aromatic heterocycles. The van der Waals surface area contributed by atoms with Crippen molar-refractivity contribution < 1.29 is 14.5 Å². The molecule has 1 amide bonds. The molecule has 2 aliphatic heterocycles. The average Bonchev–Trinajstić information content (AvgIpc) is 2.85. The number of amides is 1. The van der Waals surface area contributed by atoms with Gasteiger partial charge in [0.15, 0.2) is 6.20 Å². The summed E-state index contributed by atoms with van der Waals surface area (Å²) >= 11 is 0. The van der Waals surface area contributed by atoms with Crippen molar-refractivity contribution >= 4 is 41.5 Å². The van der Waals surface area contributed by atoms with E-state index in [-0.39, 0.29) is 24.3 Å². The molecule has 0 spiro atoms. The van der Waals surface area contributed by atoms with Gasteiger partial charge in [0.1, 0.15) is 11.4 Å². The fourth-order valence-corrected chi connectivity index (χ4v) is 3.65. The van der Waals surface area contributed by atoms with Crippen LogP contribution < -0.4 is 20.9 Å². The Morgan fingerprint density at radius 3 is 2.00 bits per heavy atom. The van der Waals surface area contributed by atoms with Crippen molar-refractivity contribution in [2.24, 2.45) is 0 Å². The maximum atomic E-state index is 12.0. The molecule has 2 aliphatic rings. The molecule has 0 unspecified atom stereocenters. The number of halogens is 1. The first kappa shape index (κ1) is 28.9. The first-order valence-electron chi connectivity index (χ1n) is 11.6. The number of hydrogen-bond donors (Lipinski definition) is 2. The average molecular weight is 523 g/mol. The third-order valence-electron chi connectivity index (χ3n) is 5.47. The molecule has 0 atom stereocenters. The molecule has 4 heterocycles. The maximum absolute atomic E-state index is 12.0. The van der Waals surface area contributed by atoms with E-state index in [4.69, 9.17) is 10.5 Å². The summed E-state index contributed by atoms with van der Waals surface area (Å²) in [5.41, 5.74) is 7.11. The van der Waals surface area contributed by atoms with Gasteiger partial charge in [0.25, 0.3) is 0 Å². The second-order valence-corrected chi connectivity index (χ2v) is 9.26. The highest BCUT2D eigenvalue weighted by Crippen LogP contribution is 2.18. The number of ether oxygens (including phenoxy) is 1. The fraction of sp³-hybridized carbons (Fsp3) is 0.522. The highest BCUT2D eigenvalue weighted by Gasteiger charge is 2.26. The van der Waals surface area contributed by atoms with Crippen molar-refractivity contribution in [2.75, 3.05) is 67.9 Å². The van der Waals surface area contributed by atoms with Gasteiger partial charge in [0.2, 0.25) is 0 Å². The Bertz CT molecular complexity index is 971. The molecular formula is C23H35ClN8O4. The summed E-state index contributed by atoms with van der Waals surface area (Å²) < 4.78 is 5.37. The first-order valence-corrected chi connectivity index (χ1v) is 11.6. The molecule has 0 aromatic carbocycles. The Labute approximate surface area is 217 Å². The van der Waals surface area contributed by atoms with E-state index in [1.165, 1.54) is 6.07 Å². The zero-order valence-corrected chi connectivity index (χ0v) is 21.7. The molecule has 4 rings (SSSR count). The van der Waals surface area contributed by atoms with Gasteiger partial charge in [0, 0.05) is 58.4 Å². The van der Waals surface area contributed by atoms with Crippen LogP contribution in [0.3, 0.4) is 0 Å². The van der Waals surface area contributed by atoms with Crippen molar-refractivity contribution in [3.05, 3.63) is 46.8 Å². The summed E-state index contributed by atoms with van der Waals surface area (Å²) in [6, 6.07) is 6.93. The Kier molecular flexibility index (Phi) is 10.5. The molecular weight excluding hydrogens is 488 g/mol. The molecule has 13 heteroatoms. The van der Waals surface area contributed by atoms with Gasteiger partial charge in [-0.3, -0.25) is 0 Å². The smallest absolute Gasteiger partial charge is 0.410 e. The molecule has 0 saturated carbocycles. The number of hydrogen-bond acceptors (Lipinski definition) is 10. The van der Waals surface area contributed by atoms with Crippen molar-refractivity contribution in [2.45, 2.75) is 26.4 Å². The number of anilines is 3. The monoisotopic (exact) mass is 522 g/mol. The van der Waals surface area contributed by atoms with Crippen LogP contribution in [-0.4, -0.2) is 83.8 Å². The van der Waals surface area contributed by atoms with E-state index in [9.17, 15) is 14.9 Å². The van der Waals surface area contributed by atoms with Crippen LogP contribution in [0.5, 0.6) is 0 Å². The predicted molar refractivity (Wildman–Crippen MR) is 142 cm³/mol. The van der Waals surface area contributed by atoms with E-state index >= 15 is 0 Å². The Morgan fingerprint density at radius 1 is 0.972 bits per heavy atom. The van der Waals surface area contributed by atoms with Gasteiger partial charge in [-0.1, -0.05) is 0 Å². The molecule has 0 aliphatic carbocycles. The van der Waals surface area contributed by atoms with Gasteiger partial charge in [0.05, 0.1) is 17.6 Å². The number of rotatable bonds is 3. The van der Waals surface area contributed by atoms with Gasteiger partial charge in [-0.2, -0.15) is 0 Å². The van der Waals surface area contributed by atoms with Gasteiger partial charge < -0.3 is 40.6 Å². The minimum Gasteiger partial charge on any atom is -0.444 e. The number of nitrogen functional groups attached to an aromatic ring is 1. The van der Waals surface area contributed by atoms with Crippen LogP contribution in [0.4, 0.5) is 27.8 Å². The largest absolute Gasteiger partial charge is 0.444 e. The van der Waals surface area contributed by atoms with Crippen LogP contribution >= 0.6 is 12.4 Å². The van der Waals surface area contributed by atoms with Crippen molar-refractivity contribution in [1.82, 2.24) is 20.2 Å². The third kappa shape index (κ3) is 8.68. The molecule has 12 nitrogen and oxygen atoms in total. The second-order valence-electron chi connectivity index (χ2n) is 9.26. The molecule has 2 fully saturated rings. The number of carbonyl (C=O) groups excluding carboxylic acids is 1. The zero-order valence-electron chi connectivity index (χ0n) is 20.9. The van der Waals surface area contributed by atoms with Crippen LogP contribution in [-0.2, 0) is 4.74 Å². The summed E-state index contributed by atoms with van der Waals surface area (Å²) in [5.74, 6) is 0.412. The Morgan fingerprint density at radius 2 is 1.53 bits per heavy atom. The van der Waals surface area contributed by atoms with E-state index in [2.05, 4.69) is 25.1 Å². The van der Waals surface area contributed by atoms with Crippen molar-refractivity contribution in [3.63, 3.8) is 0 Å². The molecule has 198 valence electrons. The Hall–Kier alpha value is -3.38. The van der Waals surface area contributed by atoms with E-state index < -0.39 is 10.5 Å². The van der Waals surface area contributed by atoms with Gasteiger partial charge in [-0.15, -0.1) is 12.4 Å². The van der Waals surface area contributed by atoms with Crippen LogP contribution in [0, 0.1) is 10.1 Å². The lowest BCUT2D eigenvalue weighted by Crippen LogP contribution is -2.50. The third-order valence-corrected chi connectivity index (χ3v) is 5.47. The summed E-state index contributed by atoms with van der Waals surface area (Å²) in [6.45, 7) is 12.2. The number of nitro groups is 1. The quantitative estimate of drug-likeness (QED) is 0.455. The lowest BCUT2D eigenvalue weighted by molar-refractivity contribution is -0.389. The van der Waals surface area contributed by atoms with Gasteiger partial charge in [-0.05, 0) is 48.9 Å². The number of nitrogens with zero attached hydrogens (tertiary/aromatic N) is 6. The minimum absolute atomic E-state index is 0. The SMILES string of the molecule is CC(C)(C)OC(=O)N1CCN(c2ccc(N)nc2)CC1.Cl.O=[N+]([O-])c1ccc(N2CCNCC2)cn1. The van der Waals surface area contributed by atoms with E-state index in [0.717, 1.165) is 50.6 Å². The number of nitrogens with one attached hydrogen (secondary N) is 1. The molecule has 2 saturated heterocycles. The topological polar surface area (TPSA) is 143 Å². The number of piperazine rings is 2. The van der Waals surface area contributed by atoms with Crippen LogP contribution in [0.1, 0.15) is 20.8 Å². The number of nitrogens with two attached hydrogens (primary N) is 1. The van der Waals surface area contributed by atoms with Crippen LogP contribution in [0.2, 0.25) is 0 Å². The summed E-state index contributed by atoms with van der Waals surface area (Å²) in [7, 11) is 0. The standard InChI is InChI=1S/C14H22N4O2.C9H12N4O2.ClH/c1-14(2,3)20-13(19)18-8-6-17(7-9-18)11-4-5-12(15)16-10-11;14-13(15)9-2-1-8(7-11-9)12-5-3-10-4-6-12;/h4-5,10H,6-9H2,1-3H3,(H2,15,16);1-2,7,10H,3-6H2;1H.